The summed E-state index contributed by atoms with van der Waals surface area (Å²) in [6.07, 6.45) is 3.38. The van der Waals surface area contributed by atoms with E-state index in [0.717, 1.165) is 12.2 Å². The Morgan fingerprint density at radius 3 is 2.70 bits per heavy atom. The van der Waals surface area contributed by atoms with Crippen molar-refractivity contribution in [3.63, 3.8) is 0 Å². The molecule has 0 aliphatic carbocycles. The van der Waals surface area contributed by atoms with Crippen LogP contribution in [-0.2, 0) is 6.54 Å². The molecule has 106 valence electrons. The molecule has 0 fully saturated rings. The van der Waals surface area contributed by atoms with Gasteiger partial charge in [0.1, 0.15) is 5.82 Å². The zero-order valence-corrected chi connectivity index (χ0v) is 11.8. The number of anilines is 2. The average Bonchev–Trinajstić information content (AvgIpc) is 2.48. The maximum atomic E-state index is 13.9. The Labute approximate surface area is 118 Å². The molecule has 0 saturated carbocycles. The van der Waals surface area contributed by atoms with Crippen LogP contribution in [0.4, 0.5) is 15.9 Å². The van der Waals surface area contributed by atoms with Gasteiger partial charge in [-0.1, -0.05) is 19.1 Å². The molecule has 0 aliphatic heterocycles. The highest BCUT2D eigenvalue weighted by Gasteiger charge is 2.13. The maximum Gasteiger partial charge on any atom is 0.151 e. The monoisotopic (exact) mass is 274 g/mol. The number of hydrogen-bond donors (Lipinski definition) is 1. The van der Waals surface area contributed by atoms with Gasteiger partial charge < -0.3 is 10.2 Å². The van der Waals surface area contributed by atoms with Crippen LogP contribution in [0.15, 0.2) is 36.7 Å². The van der Waals surface area contributed by atoms with Crippen LogP contribution < -0.4 is 10.2 Å². The van der Waals surface area contributed by atoms with Crippen molar-refractivity contribution in [2.24, 2.45) is 0 Å². The first kappa shape index (κ1) is 14.4. The summed E-state index contributed by atoms with van der Waals surface area (Å²) < 4.78 is 13.9. The van der Waals surface area contributed by atoms with E-state index in [-0.39, 0.29) is 5.82 Å². The van der Waals surface area contributed by atoms with Gasteiger partial charge in [-0.15, -0.1) is 0 Å². The quantitative estimate of drug-likeness (QED) is 0.879. The number of halogens is 1. The van der Waals surface area contributed by atoms with Crippen molar-refractivity contribution in [2.75, 3.05) is 18.0 Å². The first-order chi connectivity index (χ1) is 9.76. The third kappa shape index (κ3) is 3.30. The highest BCUT2D eigenvalue weighted by atomic mass is 19.1. The summed E-state index contributed by atoms with van der Waals surface area (Å²) in [6.45, 7) is 6.16. The second-order valence-electron chi connectivity index (χ2n) is 4.34. The summed E-state index contributed by atoms with van der Waals surface area (Å²) in [4.78, 5) is 10.5. The van der Waals surface area contributed by atoms with Gasteiger partial charge in [0.25, 0.3) is 0 Å². The molecule has 1 aromatic carbocycles. The van der Waals surface area contributed by atoms with Crippen LogP contribution in [0.3, 0.4) is 0 Å². The largest absolute Gasteiger partial charge is 0.323 e. The molecular weight excluding hydrogens is 255 g/mol. The van der Waals surface area contributed by atoms with Gasteiger partial charge >= 0.3 is 0 Å². The van der Waals surface area contributed by atoms with Gasteiger partial charge in [-0.2, -0.15) is 0 Å². The van der Waals surface area contributed by atoms with Crippen molar-refractivity contribution in [1.82, 2.24) is 15.3 Å². The Kier molecular flexibility index (Phi) is 5.01. The summed E-state index contributed by atoms with van der Waals surface area (Å²) in [6, 6.07) is 6.70. The number of nitrogens with one attached hydrogen (secondary N) is 1. The molecule has 2 aromatic rings. The molecule has 0 atom stereocenters. The van der Waals surface area contributed by atoms with E-state index in [1.165, 1.54) is 6.07 Å². The molecule has 0 aliphatic rings. The number of aromatic nitrogens is 2. The van der Waals surface area contributed by atoms with E-state index in [9.17, 15) is 4.39 Å². The minimum atomic E-state index is -0.256. The fraction of sp³-hybridized carbons (Fsp3) is 0.333. The lowest BCUT2D eigenvalue weighted by Crippen LogP contribution is -2.20. The molecule has 0 unspecified atom stereocenters. The van der Waals surface area contributed by atoms with Crippen LogP contribution in [0.1, 0.15) is 19.5 Å². The Balaban J connectivity index is 2.30. The Hall–Kier alpha value is -2.01. The van der Waals surface area contributed by atoms with Crippen LogP contribution in [-0.4, -0.2) is 23.1 Å². The van der Waals surface area contributed by atoms with Gasteiger partial charge in [-0.3, -0.25) is 4.98 Å². The molecule has 2 rings (SSSR count). The van der Waals surface area contributed by atoms with Gasteiger partial charge in [0.15, 0.2) is 5.82 Å². The molecule has 5 heteroatoms. The second kappa shape index (κ2) is 6.96. The summed E-state index contributed by atoms with van der Waals surface area (Å²) >= 11 is 0. The van der Waals surface area contributed by atoms with E-state index in [1.54, 1.807) is 24.5 Å². The van der Waals surface area contributed by atoms with Gasteiger partial charge in [-0.05, 0) is 25.6 Å². The second-order valence-corrected chi connectivity index (χ2v) is 4.34. The van der Waals surface area contributed by atoms with Crippen molar-refractivity contribution >= 4 is 11.5 Å². The molecule has 4 nitrogen and oxygen atoms in total. The van der Waals surface area contributed by atoms with Crippen molar-refractivity contribution in [1.29, 1.82) is 0 Å². The molecule has 20 heavy (non-hydrogen) atoms. The minimum Gasteiger partial charge on any atom is -0.323 e. The van der Waals surface area contributed by atoms with Crippen LogP contribution in [0.5, 0.6) is 0 Å². The standard InChI is InChI=1S/C15H19FN4/c1-3-17-9-12-10-18-11-15(19-12)20(4-2)14-8-6-5-7-13(14)16/h5-8,10-11,17H,3-4,9H2,1-2H3. The third-order valence-electron chi connectivity index (χ3n) is 2.96. The van der Waals surface area contributed by atoms with E-state index < -0.39 is 0 Å². The Morgan fingerprint density at radius 2 is 2.00 bits per heavy atom. The fourth-order valence-electron chi connectivity index (χ4n) is 1.99. The van der Waals surface area contributed by atoms with Gasteiger partial charge in [0.05, 0.1) is 17.6 Å². The predicted molar refractivity (Wildman–Crippen MR) is 78.5 cm³/mol. The SMILES string of the molecule is CCNCc1cncc(N(CC)c2ccccc2F)n1. The molecule has 1 heterocycles. The molecular formula is C15H19FN4. The average molecular weight is 274 g/mol. The predicted octanol–water partition coefficient (Wildman–Crippen LogP) is 2.88. The minimum absolute atomic E-state index is 0.256. The highest BCUT2D eigenvalue weighted by molar-refractivity contribution is 5.59. The number of benzene rings is 1. The Bertz CT molecular complexity index is 559. The van der Waals surface area contributed by atoms with Crippen molar-refractivity contribution in [2.45, 2.75) is 20.4 Å². The van der Waals surface area contributed by atoms with E-state index >= 15 is 0 Å². The zero-order valence-electron chi connectivity index (χ0n) is 11.8. The first-order valence-electron chi connectivity index (χ1n) is 6.80. The lowest BCUT2D eigenvalue weighted by molar-refractivity contribution is 0.625. The topological polar surface area (TPSA) is 41.1 Å². The van der Waals surface area contributed by atoms with Crippen molar-refractivity contribution in [3.05, 3.63) is 48.2 Å². The summed E-state index contributed by atoms with van der Waals surface area (Å²) in [5.41, 5.74) is 1.36. The summed E-state index contributed by atoms with van der Waals surface area (Å²) in [5.74, 6) is 0.404. The number of hydrogen-bond acceptors (Lipinski definition) is 4. The van der Waals surface area contributed by atoms with Crippen LogP contribution >= 0.6 is 0 Å². The molecule has 0 bridgehead atoms. The molecule has 1 aromatic heterocycles. The zero-order chi connectivity index (χ0) is 14.4. The highest BCUT2D eigenvalue weighted by Crippen LogP contribution is 2.25. The summed E-state index contributed by atoms with van der Waals surface area (Å²) in [5, 5.41) is 3.20. The van der Waals surface area contributed by atoms with Gasteiger partial charge in [0, 0.05) is 19.3 Å². The van der Waals surface area contributed by atoms with Crippen molar-refractivity contribution < 1.29 is 4.39 Å². The van der Waals surface area contributed by atoms with E-state index in [4.69, 9.17) is 0 Å². The summed E-state index contributed by atoms with van der Waals surface area (Å²) in [7, 11) is 0. The van der Waals surface area contributed by atoms with Gasteiger partial charge in [0.2, 0.25) is 0 Å². The van der Waals surface area contributed by atoms with Gasteiger partial charge in [-0.25, -0.2) is 9.37 Å². The molecule has 0 spiro atoms. The molecule has 0 amide bonds. The Morgan fingerprint density at radius 1 is 1.20 bits per heavy atom. The number of rotatable bonds is 6. The van der Waals surface area contributed by atoms with E-state index in [1.807, 2.05) is 24.8 Å². The van der Waals surface area contributed by atoms with Crippen LogP contribution in [0.25, 0.3) is 0 Å². The maximum absolute atomic E-state index is 13.9. The van der Waals surface area contributed by atoms with Crippen LogP contribution in [0.2, 0.25) is 0 Å². The smallest absolute Gasteiger partial charge is 0.151 e. The number of nitrogens with zero attached hydrogens (tertiary/aromatic N) is 3. The lowest BCUT2D eigenvalue weighted by atomic mass is 10.2. The van der Waals surface area contributed by atoms with Crippen LogP contribution in [0, 0.1) is 5.82 Å². The fourth-order valence-corrected chi connectivity index (χ4v) is 1.99. The third-order valence-corrected chi connectivity index (χ3v) is 2.96. The normalized spacial score (nSPS) is 10.6. The first-order valence-corrected chi connectivity index (χ1v) is 6.80. The number of para-hydroxylation sites is 1. The van der Waals surface area contributed by atoms with Crippen molar-refractivity contribution in [3.8, 4) is 0 Å². The molecule has 0 radical (unpaired) electrons. The van der Waals surface area contributed by atoms with E-state index in [2.05, 4.69) is 15.3 Å². The molecule has 0 saturated heterocycles. The molecule has 1 N–H and O–H groups in total. The lowest BCUT2D eigenvalue weighted by Gasteiger charge is -2.22. The van der Waals surface area contributed by atoms with E-state index in [0.29, 0.717) is 24.6 Å².